The number of rotatable bonds is 3. The Morgan fingerprint density at radius 3 is 2.36 bits per heavy atom. The first-order valence-electron chi connectivity index (χ1n) is 7.07. The Morgan fingerprint density at radius 1 is 1.23 bits per heavy atom. The quantitative estimate of drug-likeness (QED) is 0.759. The molecule has 0 N–H and O–H groups in total. The maximum atomic E-state index is 12.6. The van der Waals surface area contributed by atoms with Crippen LogP contribution in [0.2, 0.25) is 0 Å². The minimum Gasteiger partial charge on any atom is -0.380 e. The van der Waals surface area contributed by atoms with E-state index >= 15 is 0 Å². The van der Waals surface area contributed by atoms with E-state index in [0.717, 1.165) is 37.2 Å². The van der Waals surface area contributed by atoms with Crippen LogP contribution in [0.3, 0.4) is 0 Å². The number of likely N-dealkylation sites (tertiary alicyclic amines) is 1. The molecule has 2 aliphatic rings. The number of nitrogens with zero attached hydrogens (tertiary/aromatic N) is 1. The average Bonchev–Trinajstić information content (AvgIpc) is 2.83. The van der Waals surface area contributed by atoms with E-state index in [1.165, 1.54) is 12.1 Å². The molecule has 1 heterocycles. The van der Waals surface area contributed by atoms with Crippen LogP contribution in [0.4, 0.5) is 13.2 Å². The highest BCUT2D eigenvalue weighted by Crippen LogP contribution is 2.62. The van der Waals surface area contributed by atoms with Crippen molar-refractivity contribution in [1.82, 2.24) is 4.90 Å². The van der Waals surface area contributed by atoms with Crippen molar-refractivity contribution in [3.63, 3.8) is 0 Å². The van der Waals surface area contributed by atoms with Crippen molar-refractivity contribution in [2.24, 2.45) is 0 Å². The zero-order valence-electron chi connectivity index (χ0n) is 11.9. The van der Waals surface area contributed by atoms with Crippen molar-refractivity contribution in [2.75, 3.05) is 20.2 Å². The molecule has 0 radical (unpaired) electrons. The lowest BCUT2D eigenvalue weighted by Gasteiger charge is -2.16. The van der Waals surface area contributed by atoms with Gasteiger partial charge in [-0.1, -0.05) is 35.3 Å². The van der Waals surface area contributed by atoms with Crippen LogP contribution in [0.15, 0.2) is 24.3 Å². The fourth-order valence-electron chi connectivity index (χ4n) is 3.25. The number of benzene rings is 1. The van der Waals surface area contributed by atoms with Gasteiger partial charge in [0.2, 0.25) is 0 Å². The van der Waals surface area contributed by atoms with E-state index in [0.29, 0.717) is 0 Å². The van der Waals surface area contributed by atoms with Crippen LogP contribution in [0.25, 0.3) is 0 Å². The summed E-state index contributed by atoms with van der Waals surface area (Å²) in [6.45, 7) is 1.58. The Bertz CT molecular complexity index is 547. The van der Waals surface area contributed by atoms with Crippen molar-refractivity contribution < 1.29 is 17.9 Å². The zero-order valence-corrected chi connectivity index (χ0v) is 13.4. The highest BCUT2D eigenvalue weighted by Gasteiger charge is 2.66. The molecule has 2 nitrogen and oxygen atoms in total. The van der Waals surface area contributed by atoms with E-state index < -0.39 is 16.1 Å². The zero-order chi connectivity index (χ0) is 16.1. The molecule has 1 unspecified atom stereocenters. The summed E-state index contributed by atoms with van der Waals surface area (Å²) in [7, 11) is 1.67. The van der Waals surface area contributed by atoms with Crippen molar-refractivity contribution in [3.8, 4) is 0 Å². The number of ether oxygens (including phenoxy) is 1. The third kappa shape index (κ3) is 2.84. The van der Waals surface area contributed by atoms with Crippen LogP contribution in [0.1, 0.15) is 23.5 Å². The second-order valence-corrected chi connectivity index (χ2v) is 7.30. The smallest absolute Gasteiger partial charge is 0.380 e. The molecule has 1 saturated heterocycles. The highest BCUT2D eigenvalue weighted by molar-refractivity contribution is 6.52. The lowest BCUT2D eigenvalue weighted by molar-refractivity contribution is -0.137. The molecular formula is C15H16Cl2F3NO. The van der Waals surface area contributed by atoms with Crippen LogP contribution < -0.4 is 0 Å². The van der Waals surface area contributed by atoms with E-state index in [1.54, 1.807) is 7.11 Å². The maximum Gasteiger partial charge on any atom is 0.416 e. The van der Waals surface area contributed by atoms with Gasteiger partial charge < -0.3 is 4.74 Å². The standard InChI is InChI=1S/C15H16Cl2F3NO/c1-22-11-6-7-21(8-11)13-12(14(13,16)17)9-2-4-10(5-3-9)15(18,19)20/h2-5,11-13H,6-8H2,1H3/t11?,12-,13-/m0/s1. The molecule has 7 heteroatoms. The van der Waals surface area contributed by atoms with Crippen LogP contribution in [0, 0.1) is 0 Å². The third-order valence-corrected chi connectivity index (χ3v) is 5.43. The van der Waals surface area contributed by atoms with Crippen LogP contribution in [0.5, 0.6) is 0 Å². The maximum absolute atomic E-state index is 12.6. The molecule has 1 saturated carbocycles. The van der Waals surface area contributed by atoms with E-state index in [2.05, 4.69) is 4.90 Å². The minimum atomic E-state index is -4.33. The molecule has 1 aromatic carbocycles. The van der Waals surface area contributed by atoms with Gasteiger partial charge in [-0.2, -0.15) is 13.2 Å². The summed E-state index contributed by atoms with van der Waals surface area (Å²) in [4.78, 5) is 2.16. The topological polar surface area (TPSA) is 12.5 Å². The Hall–Kier alpha value is -0.490. The predicted octanol–water partition coefficient (Wildman–Crippen LogP) is 4.07. The lowest BCUT2D eigenvalue weighted by Crippen LogP contribution is -2.28. The lowest BCUT2D eigenvalue weighted by atomic mass is 10.1. The third-order valence-electron chi connectivity index (χ3n) is 4.52. The van der Waals surface area contributed by atoms with Gasteiger partial charge in [-0.15, -0.1) is 0 Å². The number of halogens is 5. The summed E-state index contributed by atoms with van der Waals surface area (Å²) in [6.07, 6.45) is -3.25. The number of methoxy groups -OCH3 is 1. The molecular weight excluding hydrogens is 338 g/mol. The molecule has 122 valence electrons. The van der Waals surface area contributed by atoms with Crippen LogP contribution in [-0.2, 0) is 10.9 Å². The summed E-state index contributed by atoms with van der Waals surface area (Å²) >= 11 is 12.7. The fourth-order valence-corrected chi connectivity index (χ4v) is 4.14. The molecule has 3 rings (SSSR count). The van der Waals surface area contributed by atoms with Gasteiger partial charge in [0.05, 0.1) is 17.7 Å². The van der Waals surface area contributed by atoms with Crippen molar-refractivity contribution in [1.29, 1.82) is 0 Å². The molecule has 1 aromatic rings. The van der Waals surface area contributed by atoms with Crippen LogP contribution >= 0.6 is 23.2 Å². The summed E-state index contributed by atoms with van der Waals surface area (Å²) in [6, 6.07) is 5.02. The first-order valence-corrected chi connectivity index (χ1v) is 7.82. The van der Waals surface area contributed by atoms with Gasteiger partial charge in [-0.3, -0.25) is 4.90 Å². The van der Waals surface area contributed by atoms with Gasteiger partial charge in [-0.25, -0.2) is 0 Å². The van der Waals surface area contributed by atoms with Crippen molar-refractivity contribution in [2.45, 2.75) is 35.0 Å². The predicted molar refractivity (Wildman–Crippen MR) is 79.4 cm³/mol. The van der Waals surface area contributed by atoms with E-state index in [4.69, 9.17) is 27.9 Å². The summed E-state index contributed by atoms with van der Waals surface area (Å²) in [5.41, 5.74) is 0.0766. The second kappa shape index (κ2) is 5.55. The Kier molecular flexibility index (Phi) is 4.13. The average molecular weight is 354 g/mol. The second-order valence-electron chi connectivity index (χ2n) is 5.86. The van der Waals surface area contributed by atoms with Crippen molar-refractivity contribution in [3.05, 3.63) is 35.4 Å². The highest BCUT2D eigenvalue weighted by atomic mass is 35.5. The molecule has 0 spiro atoms. The van der Waals surface area contributed by atoms with Crippen molar-refractivity contribution >= 4 is 23.2 Å². The fraction of sp³-hybridized carbons (Fsp3) is 0.600. The summed E-state index contributed by atoms with van der Waals surface area (Å²) < 4.78 is 42.2. The first kappa shape index (κ1) is 16.4. The Balaban J connectivity index is 1.75. The van der Waals surface area contributed by atoms with E-state index in [1.807, 2.05) is 0 Å². The van der Waals surface area contributed by atoms with Gasteiger partial charge >= 0.3 is 6.18 Å². The van der Waals surface area contributed by atoms with Gasteiger partial charge in [0, 0.05) is 26.1 Å². The molecule has 22 heavy (non-hydrogen) atoms. The Morgan fingerprint density at radius 2 is 1.86 bits per heavy atom. The largest absolute Gasteiger partial charge is 0.416 e. The molecule has 0 aromatic heterocycles. The van der Waals surface area contributed by atoms with Gasteiger partial charge in [0.15, 0.2) is 0 Å². The Labute approximate surface area is 137 Å². The van der Waals surface area contributed by atoms with Crippen LogP contribution in [-0.4, -0.2) is 41.6 Å². The molecule has 0 bridgehead atoms. The molecule has 3 atom stereocenters. The molecule has 1 aliphatic heterocycles. The first-order chi connectivity index (χ1) is 10.2. The molecule has 0 amide bonds. The number of hydrogen-bond acceptors (Lipinski definition) is 2. The molecule has 1 aliphatic carbocycles. The molecule has 2 fully saturated rings. The SMILES string of the molecule is COC1CCN([C@H]2[C@H](c3ccc(C(F)(F)F)cc3)C2(Cl)Cl)C1. The number of alkyl halides is 5. The van der Waals surface area contributed by atoms with E-state index in [9.17, 15) is 13.2 Å². The van der Waals surface area contributed by atoms with Gasteiger partial charge in [0.1, 0.15) is 4.33 Å². The summed E-state index contributed by atoms with van der Waals surface area (Å²) in [5, 5.41) is 0. The monoisotopic (exact) mass is 353 g/mol. The normalized spacial score (nSPS) is 31.5. The van der Waals surface area contributed by atoms with E-state index in [-0.39, 0.29) is 18.1 Å². The minimum absolute atomic E-state index is 0.0762. The number of hydrogen-bond donors (Lipinski definition) is 0. The van der Waals surface area contributed by atoms with Gasteiger partial charge in [0.25, 0.3) is 0 Å². The van der Waals surface area contributed by atoms with Gasteiger partial charge in [-0.05, 0) is 24.1 Å². The summed E-state index contributed by atoms with van der Waals surface area (Å²) in [5.74, 6) is -0.172.